The Bertz CT molecular complexity index is 346. The Morgan fingerprint density at radius 3 is 2.44 bits per heavy atom. The quantitative estimate of drug-likeness (QED) is 0.808. The van der Waals surface area contributed by atoms with E-state index < -0.39 is 5.60 Å². The topological polar surface area (TPSA) is 68.0 Å². The smallest absolute Gasteiger partial charge is 0.169 e. The number of nitrogens with zero attached hydrogens (tertiary/aromatic N) is 3. The molecule has 0 aliphatic heterocycles. The third-order valence-corrected chi connectivity index (χ3v) is 2.78. The van der Waals surface area contributed by atoms with Gasteiger partial charge in [0, 0.05) is 5.92 Å². The van der Waals surface area contributed by atoms with E-state index in [9.17, 15) is 9.90 Å². The molecule has 0 bridgehead atoms. The maximum Gasteiger partial charge on any atom is 0.169 e. The van der Waals surface area contributed by atoms with Gasteiger partial charge in [0.1, 0.15) is 18.3 Å². The van der Waals surface area contributed by atoms with Crippen LogP contribution in [0.1, 0.15) is 27.7 Å². The first-order valence-electron chi connectivity index (χ1n) is 5.47. The van der Waals surface area contributed by atoms with Crippen molar-refractivity contribution in [1.82, 2.24) is 14.8 Å². The van der Waals surface area contributed by atoms with Crippen LogP contribution in [0.2, 0.25) is 0 Å². The molecule has 1 N–H and O–H groups in total. The van der Waals surface area contributed by atoms with Crippen LogP contribution >= 0.6 is 0 Å². The molecule has 0 fully saturated rings. The van der Waals surface area contributed by atoms with Crippen molar-refractivity contribution in [3.63, 3.8) is 0 Å². The maximum absolute atomic E-state index is 12.0. The van der Waals surface area contributed by atoms with Crippen molar-refractivity contribution < 1.29 is 9.90 Å². The van der Waals surface area contributed by atoms with E-state index in [1.807, 2.05) is 13.8 Å². The fourth-order valence-electron chi connectivity index (χ4n) is 1.61. The van der Waals surface area contributed by atoms with Gasteiger partial charge in [-0.15, -0.1) is 0 Å². The molecule has 5 heteroatoms. The zero-order valence-corrected chi connectivity index (χ0v) is 10.2. The number of ketones is 1. The molecule has 16 heavy (non-hydrogen) atoms. The number of aromatic nitrogens is 3. The molecule has 1 aromatic heterocycles. The van der Waals surface area contributed by atoms with E-state index in [-0.39, 0.29) is 24.2 Å². The molecule has 1 rings (SSSR count). The molecular weight excluding hydrogens is 206 g/mol. The summed E-state index contributed by atoms with van der Waals surface area (Å²) in [5.74, 6) is -0.513. The molecule has 1 aromatic rings. The van der Waals surface area contributed by atoms with Gasteiger partial charge in [0.15, 0.2) is 5.78 Å². The van der Waals surface area contributed by atoms with Gasteiger partial charge in [-0.05, 0) is 5.92 Å². The lowest BCUT2D eigenvalue weighted by Gasteiger charge is -2.31. The average molecular weight is 225 g/mol. The Hall–Kier alpha value is -1.23. The lowest BCUT2D eigenvalue weighted by atomic mass is 9.81. The van der Waals surface area contributed by atoms with Crippen molar-refractivity contribution in [2.24, 2.45) is 11.8 Å². The summed E-state index contributed by atoms with van der Waals surface area (Å²) >= 11 is 0. The fourth-order valence-corrected chi connectivity index (χ4v) is 1.61. The normalized spacial score (nSPS) is 15.4. The highest BCUT2D eigenvalue weighted by molar-refractivity contribution is 5.88. The van der Waals surface area contributed by atoms with Crippen molar-refractivity contribution in [2.45, 2.75) is 39.8 Å². The second kappa shape index (κ2) is 4.74. The minimum atomic E-state index is -1.37. The molecule has 90 valence electrons. The van der Waals surface area contributed by atoms with Crippen molar-refractivity contribution in [3.05, 3.63) is 12.7 Å². The molecule has 0 aliphatic rings. The van der Waals surface area contributed by atoms with Gasteiger partial charge in [-0.25, -0.2) is 9.67 Å². The summed E-state index contributed by atoms with van der Waals surface area (Å²) in [6, 6.07) is 0. The van der Waals surface area contributed by atoms with E-state index in [4.69, 9.17) is 0 Å². The van der Waals surface area contributed by atoms with Crippen LogP contribution in [0.15, 0.2) is 12.7 Å². The summed E-state index contributed by atoms with van der Waals surface area (Å²) in [5.41, 5.74) is -1.37. The zero-order valence-electron chi connectivity index (χ0n) is 10.2. The number of carbonyl (C=O) groups excluding carboxylic acids is 1. The fraction of sp³-hybridized carbons (Fsp3) is 0.727. The summed E-state index contributed by atoms with van der Waals surface area (Å²) in [5, 5.41) is 14.4. The van der Waals surface area contributed by atoms with Crippen LogP contribution in [0.5, 0.6) is 0 Å². The Balaban J connectivity index is 2.93. The number of hydrogen-bond acceptors (Lipinski definition) is 4. The van der Waals surface area contributed by atoms with Crippen LogP contribution in [-0.2, 0) is 11.3 Å². The minimum absolute atomic E-state index is 0.154. The van der Waals surface area contributed by atoms with Crippen molar-refractivity contribution in [2.75, 3.05) is 0 Å². The Labute approximate surface area is 95.5 Å². The number of carbonyl (C=O) groups is 1. The summed E-state index contributed by atoms with van der Waals surface area (Å²) in [7, 11) is 0. The van der Waals surface area contributed by atoms with Gasteiger partial charge in [0.25, 0.3) is 0 Å². The van der Waals surface area contributed by atoms with Crippen molar-refractivity contribution >= 4 is 5.78 Å². The predicted octanol–water partition coefficient (Wildman–Crippen LogP) is 0.890. The monoisotopic (exact) mass is 225 g/mol. The van der Waals surface area contributed by atoms with Gasteiger partial charge in [-0.2, -0.15) is 5.10 Å². The number of aliphatic hydroxyl groups is 1. The summed E-state index contributed by atoms with van der Waals surface area (Å²) < 4.78 is 1.49. The van der Waals surface area contributed by atoms with E-state index in [0.29, 0.717) is 0 Å². The highest BCUT2D eigenvalue weighted by Gasteiger charge is 2.40. The van der Waals surface area contributed by atoms with Crippen LogP contribution in [0.4, 0.5) is 0 Å². The predicted molar refractivity (Wildman–Crippen MR) is 59.7 cm³/mol. The van der Waals surface area contributed by atoms with Gasteiger partial charge in [-0.3, -0.25) is 4.79 Å². The molecular formula is C11H19N3O2. The van der Waals surface area contributed by atoms with Gasteiger partial charge in [0.05, 0.1) is 6.54 Å². The van der Waals surface area contributed by atoms with Gasteiger partial charge < -0.3 is 5.11 Å². The largest absolute Gasteiger partial charge is 0.380 e. The molecule has 0 aliphatic carbocycles. The third kappa shape index (κ3) is 2.47. The van der Waals surface area contributed by atoms with Gasteiger partial charge in [0.2, 0.25) is 0 Å². The van der Waals surface area contributed by atoms with E-state index in [2.05, 4.69) is 10.1 Å². The molecule has 1 heterocycles. The van der Waals surface area contributed by atoms with E-state index in [1.165, 1.54) is 17.3 Å². The molecule has 0 aromatic carbocycles. The molecule has 1 unspecified atom stereocenters. The number of hydrogen-bond donors (Lipinski definition) is 1. The molecule has 0 spiro atoms. The Morgan fingerprint density at radius 2 is 2.06 bits per heavy atom. The van der Waals surface area contributed by atoms with Gasteiger partial charge in [-0.1, -0.05) is 27.7 Å². The molecule has 0 amide bonds. The molecule has 5 nitrogen and oxygen atoms in total. The SMILES string of the molecule is CC(C)C(=O)C(O)(Cn1cncn1)C(C)C. The molecule has 0 saturated carbocycles. The van der Waals surface area contributed by atoms with Crippen LogP contribution in [-0.4, -0.2) is 31.3 Å². The zero-order chi connectivity index (χ0) is 12.3. The van der Waals surface area contributed by atoms with Crippen LogP contribution in [0.3, 0.4) is 0 Å². The molecule has 0 saturated heterocycles. The van der Waals surface area contributed by atoms with Crippen molar-refractivity contribution in [3.8, 4) is 0 Å². The second-order valence-electron chi connectivity index (χ2n) is 4.69. The van der Waals surface area contributed by atoms with Crippen LogP contribution < -0.4 is 0 Å². The highest BCUT2D eigenvalue weighted by Crippen LogP contribution is 2.23. The number of Topliss-reactive ketones (excluding diaryl/α,β-unsaturated/α-hetero) is 1. The minimum Gasteiger partial charge on any atom is -0.380 e. The summed E-state index contributed by atoms with van der Waals surface area (Å²) in [4.78, 5) is 15.8. The van der Waals surface area contributed by atoms with E-state index in [0.717, 1.165) is 0 Å². The lowest BCUT2D eigenvalue weighted by Crippen LogP contribution is -2.49. The Morgan fingerprint density at radius 1 is 1.44 bits per heavy atom. The first-order chi connectivity index (χ1) is 7.38. The lowest BCUT2D eigenvalue weighted by molar-refractivity contribution is -0.147. The Kier molecular flexibility index (Phi) is 3.80. The van der Waals surface area contributed by atoms with E-state index >= 15 is 0 Å². The van der Waals surface area contributed by atoms with Gasteiger partial charge >= 0.3 is 0 Å². The standard InChI is InChI=1S/C11H19N3O2/c1-8(2)10(15)11(16,9(3)4)5-14-7-12-6-13-14/h6-9,16H,5H2,1-4H3. The first-order valence-corrected chi connectivity index (χ1v) is 5.47. The second-order valence-corrected chi connectivity index (χ2v) is 4.69. The average Bonchev–Trinajstić information content (AvgIpc) is 2.68. The maximum atomic E-state index is 12.0. The highest BCUT2D eigenvalue weighted by atomic mass is 16.3. The molecule has 1 atom stereocenters. The van der Waals surface area contributed by atoms with Crippen LogP contribution in [0, 0.1) is 11.8 Å². The molecule has 0 radical (unpaired) electrons. The van der Waals surface area contributed by atoms with Crippen molar-refractivity contribution in [1.29, 1.82) is 0 Å². The summed E-state index contributed by atoms with van der Waals surface area (Å²) in [6.45, 7) is 7.39. The number of rotatable bonds is 5. The van der Waals surface area contributed by atoms with E-state index in [1.54, 1.807) is 13.8 Å². The van der Waals surface area contributed by atoms with Crippen LogP contribution in [0.25, 0.3) is 0 Å². The third-order valence-electron chi connectivity index (χ3n) is 2.78. The summed E-state index contributed by atoms with van der Waals surface area (Å²) in [6.07, 6.45) is 2.89. The first kappa shape index (κ1) is 12.8.